The van der Waals surface area contributed by atoms with Gasteiger partial charge in [0.1, 0.15) is 5.65 Å². The molecule has 0 fully saturated rings. The second-order valence-corrected chi connectivity index (χ2v) is 3.97. The van der Waals surface area contributed by atoms with Gasteiger partial charge in [-0.1, -0.05) is 43.7 Å². The third-order valence-corrected chi connectivity index (χ3v) is 2.79. The second-order valence-electron chi connectivity index (χ2n) is 3.97. The van der Waals surface area contributed by atoms with Gasteiger partial charge >= 0.3 is 0 Å². The van der Waals surface area contributed by atoms with Crippen LogP contribution < -0.4 is 0 Å². The fourth-order valence-corrected chi connectivity index (χ4v) is 2.03. The molecule has 0 unspecified atom stereocenters. The summed E-state index contributed by atoms with van der Waals surface area (Å²) in [5.41, 5.74) is 4.69. The van der Waals surface area contributed by atoms with Crippen molar-refractivity contribution in [3.63, 3.8) is 0 Å². The first-order chi connectivity index (χ1) is 8.84. The maximum absolute atomic E-state index is 4.29. The van der Waals surface area contributed by atoms with E-state index in [1.807, 2.05) is 26.2 Å². The van der Waals surface area contributed by atoms with Gasteiger partial charge in [0.2, 0.25) is 0 Å². The molecule has 0 bridgehead atoms. The molecule has 3 aromatic rings. The van der Waals surface area contributed by atoms with Gasteiger partial charge in [-0.3, -0.25) is 0 Å². The van der Waals surface area contributed by atoms with Crippen LogP contribution in [0.5, 0.6) is 0 Å². The van der Waals surface area contributed by atoms with Crippen LogP contribution in [0.2, 0.25) is 0 Å². The lowest BCUT2D eigenvalue weighted by Crippen LogP contribution is -1.82. The van der Waals surface area contributed by atoms with Crippen molar-refractivity contribution < 1.29 is 0 Å². The summed E-state index contributed by atoms with van der Waals surface area (Å²) < 4.78 is 0. The normalized spacial score (nSPS) is 9.94. The van der Waals surface area contributed by atoms with E-state index >= 15 is 0 Å². The third kappa shape index (κ3) is 2.28. The Hall–Kier alpha value is -2.09. The van der Waals surface area contributed by atoms with Crippen molar-refractivity contribution in [3.8, 4) is 11.1 Å². The maximum Gasteiger partial charge on any atom is 0.137 e. The van der Waals surface area contributed by atoms with Gasteiger partial charge in [-0.05, 0) is 30.2 Å². The number of benzene rings is 1. The van der Waals surface area contributed by atoms with Crippen molar-refractivity contribution in [3.05, 3.63) is 54.4 Å². The Bertz CT molecular complexity index is 638. The molecule has 0 aliphatic heterocycles. The van der Waals surface area contributed by atoms with Gasteiger partial charge in [-0.2, -0.15) is 0 Å². The fourth-order valence-electron chi connectivity index (χ4n) is 2.03. The Morgan fingerprint density at radius 2 is 1.89 bits per heavy atom. The Morgan fingerprint density at radius 1 is 1.06 bits per heavy atom. The number of aryl methyl sites for hydroxylation is 1. The Labute approximate surface area is 108 Å². The van der Waals surface area contributed by atoms with Crippen LogP contribution >= 0.6 is 0 Å². The summed E-state index contributed by atoms with van der Waals surface area (Å²) in [6.07, 6.45) is 3.77. The molecule has 3 rings (SSSR count). The minimum Gasteiger partial charge on any atom is -0.346 e. The van der Waals surface area contributed by atoms with Crippen molar-refractivity contribution in [1.82, 2.24) is 9.97 Å². The van der Waals surface area contributed by atoms with Gasteiger partial charge in [-0.25, -0.2) is 4.98 Å². The average molecular weight is 238 g/mol. The number of aromatic amines is 1. The van der Waals surface area contributed by atoms with Crippen LogP contribution in [0.4, 0.5) is 0 Å². The summed E-state index contributed by atoms with van der Waals surface area (Å²) in [5.74, 6) is 0. The molecule has 2 heteroatoms. The molecule has 2 heterocycles. The van der Waals surface area contributed by atoms with Crippen LogP contribution in [0.25, 0.3) is 22.2 Å². The molecule has 92 valence electrons. The predicted octanol–water partition coefficient (Wildman–Crippen LogP) is 4.56. The zero-order valence-corrected chi connectivity index (χ0v) is 11.1. The zero-order chi connectivity index (χ0) is 13.0. The molecule has 0 saturated heterocycles. The van der Waals surface area contributed by atoms with Gasteiger partial charge in [0.15, 0.2) is 0 Å². The first kappa shape index (κ1) is 12.4. The SMILES string of the molecule is CC.Cc1cccc(-c2ccnc3[nH]ccc23)c1. The molecule has 0 aliphatic carbocycles. The van der Waals surface area contributed by atoms with E-state index < -0.39 is 0 Å². The average Bonchev–Trinajstić information content (AvgIpc) is 2.89. The van der Waals surface area contributed by atoms with Crippen molar-refractivity contribution in [1.29, 1.82) is 0 Å². The number of pyridine rings is 1. The van der Waals surface area contributed by atoms with Crippen LogP contribution in [-0.2, 0) is 0 Å². The summed E-state index contributed by atoms with van der Waals surface area (Å²) in [5, 5.41) is 1.17. The van der Waals surface area contributed by atoms with E-state index in [2.05, 4.69) is 53.3 Å². The van der Waals surface area contributed by atoms with E-state index in [9.17, 15) is 0 Å². The zero-order valence-electron chi connectivity index (χ0n) is 11.1. The Morgan fingerprint density at radius 3 is 2.67 bits per heavy atom. The van der Waals surface area contributed by atoms with Crippen LogP contribution in [0, 0.1) is 6.92 Å². The molecule has 0 amide bonds. The highest BCUT2D eigenvalue weighted by atomic mass is 14.8. The van der Waals surface area contributed by atoms with E-state index in [0.717, 1.165) is 5.65 Å². The van der Waals surface area contributed by atoms with E-state index in [1.165, 1.54) is 22.1 Å². The molecular weight excluding hydrogens is 220 g/mol. The molecule has 0 spiro atoms. The number of nitrogens with zero attached hydrogens (tertiary/aromatic N) is 1. The largest absolute Gasteiger partial charge is 0.346 e. The molecule has 1 aromatic carbocycles. The molecule has 2 aromatic heterocycles. The highest BCUT2D eigenvalue weighted by Crippen LogP contribution is 2.27. The molecule has 18 heavy (non-hydrogen) atoms. The Balaban J connectivity index is 0.000000574. The molecule has 0 saturated carbocycles. The lowest BCUT2D eigenvalue weighted by atomic mass is 10.0. The summed E-state index contributed by atoms with van der Waals surface area (Å²) in [7, 11) is 0. The first-order valence-electron chi connectivity index (χ1n) is 6.34. The monoisotopic (exact) mass is 238 g/mol. The summed E-state index contributed by atoms with van der Waals surface area (Å²) in [6.45, 7) is 6.11. The van der Waals surface area contributed by atoms with Crippen molar-refractivity contribution in [2.45, 2.75) is 20.8 Å². The van der Waals surface area contributed by atoms with E-state index in [4.69, 9.17) is 0 Å². The molecule has 0 aliphatic rings. The van der Waals surface area contributed by atoms with Crippen molar-refractivity contribution in [2.75, 3.05) is 0 Å². The number of H-pyrrole nitrogens is 1. The van der Waals surface area contributed by atoms with E-state index in [1.54, 1.807) is 0 Å². The number of rotatable bonds is 1. The van der Waals surface area contributed by atoms with Gasteiger partial charge in [0.25, 0.3) is 0 Å². The second kappa shape index (κ2) is 5.50. The summed E-state index contributed by atoms with van der Waals surface area (Å²) in [4.78, 5) is 7.43. The molecule has 0 atom stereocenters. The van der Waals surface area contributed by atoms with Gasteiger partial charge in [0.05, 0.1) is 0 Å². The standard InChI is InChI=1S/C14H12N2.C2H6/c1-10-3-2-4-11(9-10)12-5-7-15-14-13(12)6-8-16-14;1-2/h2-9H,1H3,(H,15,16);1-2H3. The highest BCUT2D eigenvalue weighted by Gasteiger charge is 2.04. The van der Waals surface area contributed by atoms with Crippen molar-refractivity contribution >= 4 is 11.0 Å². The number of fused-ring (bicyclic) bond motifs is 1. The fraction of sp³-hybridized carbons (Fsp3) is 0.188. The summed E-state index contributed by atoms with van der Waals surface area (Å²) >= 11 is 0. The number of hydrogen-bond acceptors (Lipinski definition) is 1. The molecule has 1 N–H and O–H groups in total. The minimum atomic E-state index is 0.944. The Kier molecular flexibility index (Phi) is 3.78. The molecule has 2 nitrogen and oxygen atoms in total. The summed E-state index contributed by atoms with van der Waals surface area (Å²) in [6, 6.07) is 12.7. The van der Waals surface area contributed by atoms with Crippen LogP contribution in [0.1, 0.15) is 19.4 Å². The topological polar surface area (TPSA) is 28.7 Å². The van der Waals surface area contributed by atoms with Crippen LogP contribution in [0.3, 0.4) is 0 Å². The van der Waals surface area contributed by atoms with Crippen LogP contribution in [-0.4, -0.2) is 9.97 Å². The van der Waals surface area contributed by atoms with Gasteiger partial charge in [-0.15, -0.1) is 0 Å². The lowest BCUT2D eigenvalue weighted by molar-refractivity contribution is 1.32. The van der Waals surface area contributed by atoms with Gasteiger partial charge in [0, 0.05) is 17.8 Å². The lowest BCUT2D eigenvalue weighted by Gasteiger charge is -2.04. The number of hydrogen-bond donors (Lipinski definition) is 1. The molecular formula is C16H18N2. The predicted molar refractivity (Wildman–Crippen MR) is 77.6 cm³/mol. The minimum absolute atomic E-state index is 0.944. The van der Waals surface area contributed by atoms with E-state index in [-0.39, 0.29) is 0 Å². The number of nitrogens with one attached hydrogen (secondary N) is 1. The van der Waals surface area contributed by atoms with Crippen molar-refractivity contribution in [2.24, 2.45) is 0 Å². The smallest absolute Gasteiger partial charge is 0.137 e. The van der Waals surface area contributed by atoms with Gasteiger partial charge < -0.3 is 4.98 Å². The first-order valence-corrected chi connectivity index (χ1v) is 6.34. The quantitative estimate of drug-likeness (QED) is 0.661. The van der Waals surface area contributed by atoms with E-state index in [0.29, 0.717) is 0 Å². The maximum atomic E-state index is 4.29. The third-order valence-electron chi connectivity index (χ3n) is 2.79. The molecule has 0 radical (unpaired) electrons. The van der Waals surface area contributed by atoms with Crippen LogP contribution in [0.15, 0.2) is 48.8 Å². The highest BCUT2D eigenvalue weighted by molar-refractivity contribution is 5.92. The number of aromatic nitrogens is 2.